The highest BCUT2D eigenvalue weighted by Gasteiger charge is 2.26. The minimum Gasteiger partial charge on any atom is -0.134 e. The van der Waals surface area contributed by atoms with Crippen molar-refractivity contribution in [2.24, 2.45) is 0 Å². The molecular formula is C22H22S6Si2. The van der Waals surface area contributed by atoms with Crippen LogP contribution in [0.2, 0.25) is 39.3 Å². The Labute approximate surface area is 202 Å². The third-order valence-corrected chi connectivity index (χ3v) is 19.8. The summed E-state index contributed by atoms with van der Waals surface area (Å²) >= 11 is 12.0. The van der Waals surface area contributed by atoms with Crippen LogP contribution < -0.4 is 9.00 Å². The van der Waals surface area contributed by atoms with Crippen LogP contribution in [0.4, 0.5) is 0 Å². The molecule has 0 aromatic carbocycles. The van der Waals surface area contributed by atoms with E-state index in [-0.39, 0.29) is 0 Å². The van der Waals surface area contributed by atoms with Crippen molar-refractivity contribution in [2.45, 2.75) is 39.3 Å². The van der Waals surface area contributed by atoms with Crippen LogP contribution in [0.5, 0.6) is 0 Å². The molecule has 6 aromatic rings. The second-order valence-electron chi connectivity index (χ2n) is 9.95. The third kappa shape index (κ3) is 2.95. The van der Waals surface area contributed by atoms with Gasteiger partial charge in [0.25, 0.3) is 0 Å². The molecule has 0 nitrogen and oxygen atoms in total. The molecule has 0 aliphatic rings. The zero-order valence-electron chi connectivity index (χ0n) is 17.8. The molecule has 0 bridgehead atoms. The van der Waals surface area contributed by atoms with E-state index >= 15 is 0 Å². The Balaban J connectivity index is 1.63. The van der Waals surface area contributed by atoms with E-state index in [0.29, 0.717) is 0 Å². The molecule has 0 saturated carbocycles. The van der Waals surface area contributed by atoms with Gasteiger partial charge < -0.3 is 0 Å². The molecule has 154 valence electrons. The third-order valence-electron chi connectivity index (χ3n) is 5.59. The summed E-state index contributed by atoms with van der Waals surface area (Å²) < 4.78 is 9.30. The second kappa shape index (κ2) is 6.60. The van der Waals surface area contributed by atoms with Gasteiger partial charge in [-0.05, 0) is 21.1 Å². The van der Waals surface area contributed by atoms with Crippen LogP contribution in [0.15, 0.2) is 22.9 Å². The van der Waals surface area contributed by atoms with Gasteiger partial charge in [-0.1, -0.05) is 39.3 Å². The molecule has 0 amide bonds. The molecule has 0 radical (unpaired) electrons. The van der Waals surface area contributed by atoms with Crippen molar-refractivity contribution >= 4 is 131 Å². The summed E-state index contributed by atoms with van der Waals surface area (Å²) in [6.07, 6.45) is 0. The number of thiophene rings is 6. The first-order chi connectivity index (χ1) is 14.1. The lowest BCUT2D eigenvalue weighted by atomic mass is 10.0. The van der Waals surface area contributed by atoms with Gasteiger partial charge in [-0.3, -0.25) is 0 Å². The molecule has 6 heterocycles. The lowest BCUT2D eigenvalue weighted by molar-refractivity contribution is 1.79. The fourth-order valence-electron chi connectivity index (χ4n) is 3.89. The molecule has 6 rings (SSSR count). The Morgan fingerprint density at radius 2 is 0.933 bits per heavy atom. The van der Waals surface area contributed by atoms with E-state index in [0.717, 1.165) is 0 Å². The monoisotopic (exact) mass is 534 g/mol. The van der Waals surface area contributed by atoms with Crippen LogP contribution in [-0.4, -0.2) is 16.1 Å². The zero-order chi connectivity index (χ0) is 21.0. The van der Waals surface area contributed by atoms with Crippen molar-refractivity contribution in [2.75, 3.05) is 0 Å². The molecule has 0 N–H and O–H groups in total. The van der Waals surface area contributed by atoms with Gasteiger partial charge in [-0.15, -0.1) is 68.0 Å². The van der Waals surface area contributed by atoms with Crippen LogP contribution in [-0.2, 0) is 0 Å². The van der Waals surface area contributed by atoms with Gasteiger partial charge in [0.1, 0.15) is 0 Å². The van der Waals surface area contributed by atoms with E-state index in [1.165, 1.54) is 48.7 Å². The van der Waals surface area contributed by atoms with E-state index in [4.69, 9.17) is 0 Å². The Morgan fingerprint density at radius 3 is 1.30 bits per heavy atom. The lowest BCUT2D eigenvalue weighted by Gasteiger charge is -2.12. The van der Waals surface area contributed by atoms with Crippen LogP contribution in [0.1, 0.15) is 0 Å². The van der Waals surface area contributed by atoms with Crippen LogP contribution in [0.25, 0.3) is 48.7 Å². The normalized spacial score (nSPS) is 13.7. The van der Waals surface area contributed by atoms with Gasteiger partial charge >= 0.3 is 0 Å². The van der Waals surface area contributed by atoms with Crippen molar-refractivity contribution in [3.8, 4) is 11.1 Å². The number of fused-ring (bicyclic) bond motifs is 6. The highest BCUT2D eigenvalue weighted by Crippen LogP contribution is 2.51. The molecule has 0 fully saturated rings. The Kier molecular flexibility index (Phi) is 4.47. The average Bonchev–Trinajstić information content (AvgIpc) is 3.39. The molecule has 0 spiro atoms. The fourth-order valence-corrected chi connectivity index (χ4v) is 15.8. The largest absolute Gasteiger partial charge is 0.134 e. The first-order valence-electron chi connectivity index (χ1n) is 9.99. The van der Waals surface area contributed by atoms with Crippen molar-refractivity contribution in [1.29, 1.82) is 0 Å². The van der Waals surface area contributed by atoms with E-state index < -0.39 is 16.1 Å². The Bertz CT molecular complexity index is 1450. The minimum atomic E-state index is -1.28. The van der Waals surface area contributed by atoms with Crippen molar-refractivity contribution < 1.29 is 0 Å². The molecule has 0 unspecified atom stereocenters. The molecule has 0 atom stereocenters. The Hall–Kier alpha value is -0.326. The van der Waals surface area contributed by atoms with Gasteiger partial charge in [0.15, 0.2) is 0 Å². The summed E-state index contributed by atoms with van der Waals surface area (Å²) in [5.41, 5.74) is 2.93. The van der Waals surface area contributed by atoms with Gasteiger partial charge in [0.2, 0.25) is 0 Å². The number of hydrogen-bond acceptors (Lipinski definition) is 6. The topological polar surface area (TPSA) is 0 Å². The maximum Gasteiger partial charge on any atom is 0.0904 e. The summed E-state index contributed by atoms with van der Waals surface area (Å²) in [7, 11) is -2.56. The summed E-state index contributed by atoms with van der Waals surface area (Å²) in [5.74, 6) is 0. The zero-order valence-corrected chi connectivity index (χ0v) is 24.7. The van der Waals surface area contributed by atoms with Crippen molar-refractivity contribution in [3.63, 3.8) is 0 Å². The summed E-state index contributed by atoms with van der Waals surface area (Å²) in [6.45, 7) is 14.8. The predicted octanol–water partition coefficient (Wildman–Crippen LogP) is 9.43. The highest BCUT2D eigenvalue weighted by atomic mass is 32.2. The predicted molar refractivity (Wildman–Crippen MR) is 155 cm³/mol. The SMILES string of the molecule is C[Si](C)(C)c1cc2c(s1)sc1scc(-c3csc4sc5sc([Si](C)(C)C)cc5c34)c12. The maximum atomic E-state index is 2.53. The molecule has 8 heteroatoms. The van der Waals surface area contributed by atoms with Crippen molar-refractivity contribution in [1.82, 2.24) is 0 Å². The van der Waals surface area contributed by atoms with Gasteiger partial charge in [0.05, 0.1) is 32.2 Å². The lowest BCUT2D eigenvalue weighted by Crippen LogP contribution is -2.34. The van der Waals surface area contributed by atoms with Crippen LogP contribution in [0, 0.1) is 0 Å². The molecule has 0 saturated heterocycles. The standard InChI is InChI=1S/C22H22S6Si2/c1-29(2,3)15-7-11-17-13(9-23-21(17)27-19(11)25-15)14-10-24-22-18(14)12-8-16(30(4,5)6)26-20(12)28-22/h7-10H,1-6H3. The Morgan fingerprint density at radius 1 is 0.533 bits per heavy atom. The first kappa shape index (κ1) is 20.3. The van der Waals surface area contributed by atoms with Gasteiger partial charge in [-0.2, -0.15) is 0 Å². The van der Waals surface area contributed by atoms with Gasteiger partial charge in [-0.25, -0.2) is 0 Å². The minimum absolute atomic E-state index is 1.28. The average molecular weight is 535 g/mol. The second-order valence-corrected chi connectivity index (χ2v) is 27.7. The number of hydrogen-bond donors (Lipinski definition) is 0. The first-order valence-corrected chi connectivity index (χ1v) is 22.0. The summed E-state index contributed by atoms with van der Waals surface area (Å²) in [6, 6.07) is 5.06. The fraction of sp³-hybridized carbons (Fsp3) is 0.273. The van der Waals surface area contributed by atoms with Gasteiger partial charge in [0, 0.05) is 43.4 Å². The van der Waals surface area contributed by atoms with E-state index in [9.17, 15) is 0 Å². The molecular weight excluding hydrogens is 513 g/mol. The maximum absolute atomic E-state index is 2.53. The highest BCUT2D eigenvalue weighted by molar-refractivity contribution is 7.52. The van der Waals surface area contributed by atoms with Crippen LogP contribution in [0.3, 0.4) is 0 Å². The van der Waals surface area contributed by atoms with E-state index in [2.05, 4.69) is 84.8 Å². The van der Waals surface area contributed by atoms with E-state index in [1.807, 2.05) is 45.3 Å². The molecule has 0 aliphatic heterocycles. The smallest absolute Gasteiger partial charge is 0.0904 e. The quantitative estimate of drug-likeness (QED) is 0.198. The summed E-state index contributed by atoms with van der Waals surface area (Å²) in [4.78, 5) is 0. The van der Waals surface area contributed by atoms with Crippen LogP contribution >= 0.6 is 68.0 Å². The summed E-state index contributed by atoms with van der Waals surface area (Å²) in [5, 5.41) is 10.9. The van der Waals surface area contributed by atoms with E-state index in [1.54, 1.807) is 9.00 Å². The molecule has 6 aromatic heterocycles. The number of rotatable bonds is 3. The molecule has 30 heavy (non-hydrogen) atoms. The molecule has 0 aliphatic carbocycles. The van der Waals surface area contributed by atoms with Crippen molar-refractivity contribution in [3.05, 3.63) is 22.9 Å².